The lowest BCUT2D eigenvalue weighted by Gasteiger charge is -1.97. The number of nitrogens with zero attached hydrogens (tertiary/aromatic N) is 1. The van der Waals surface area contributed by atoms with Crippen molar-refractivity contribution in [2.75, 3.05) is 5.33 Å². The fourth-order valence-electron chi connectivity index (χ4n) is 0.987. The highest BCUT2D eigenvalue weighted by molar-refractivity contribution is 9.09. The second-order valence-corrected chi connectivity index (χ2v) is 3.83. The summed E-state index contributed by atoms with van der Waals surface area (Å²) in [6.45, 7) is 0. The van der Waals surface area contributed by atoms with E-state index in [1.165, 1.54) is 12.1 Å². The molecule has 0 aromatic heterocycles. The van der Waals surface area contributed by atoms with Crippen LogP contribution in [-0.2, 0) is 0 Å². The Labute approximate surface area is 101 Å². The van der Waals surface area contributed by atoms with Crippen LogP contribution in [0.15, 0.2) is 18.2 Å². The Hall–Kier alpha value is -1.05. The third kappa shape index (κ3) is 3.22. The van der Waals surface area contributed by atoms with Crippen LogP contribution in [0.25, 0.3) is 0 Å². The van der Waals surface area contributed by atoms with Crippen molar-refractivity contribution < 1.29 is 4.92 Å². The molecule has 3 nitrogen and oxygen atoms in total. The molecular weight excluding hydrogens is 281 g/mol. The highest BCUT2D eigenvalue weighted by Gasteiger charge is 2.13. The van der Waals surface area contributed by atoms with Gasteiger partial charge in [0, 0.05) is 17.8 Å². The minimum Gasteiger partial charge on any atom is -0.258 e. The van der Waals surface area contributed by atoms with Crippen molar-refractivity contribution in [2.24, 2.45) is 0 Å². The maximum Gasteiger partial charge on any atom is 0.286 e. The van der Waals surface area contributed by atoms with Gasteiger partial charge in [0.1, 0.15) is 5.56 Å². The van der Waals surface area contributed by atoms with Gasteiger partial charge in [-0.25, -0.2) is 0 Å². The molecule has 1 aromatic rings. The minimum absolute atomic E-state index is 0.0513. The van der Waals surface area contributed by atoms with E-state index in [1.54, 1.807) is 6.07 Å². The largest absolute Gasteiger partial charge is 0.286 e. The summed E-state index contributed by atoms with van der Waals surface area (Å²) in [5, 5.41) is 11.7. The second kappa shape index (κ2) is 5.74. The number of nitro benzene ring substituents is 1. The molecule has 0 saturated heterocycles. The number of hydrogen-bond donors (Lipinski definition) is 0. The summed E-state index contributed by atoms with van der Waals surface area (Å²) in [6, 6.07) is 4.52. The molecule has 1 rings (SSSR count). The van der Waals surface area contributed by atoms with E-state index in [0.29, 0.717) is 11.4 Å². The number of hydrogen-bond acceptors (Lipinski definition) is 2. The monoisotopic (exact) mass is 287 g/mol. The van der Waals surface area contributed by atoms with Crippen LogP contribution in [0.2, 0.25) is 5.02 Å². The van der Waals surface area contributed by atoms with E-state index < -0.39 is 4.92 Å². The molecule has 0 unspecified atom stereocenters. The van der Waals surface area contributed by atoms with Crippen molar-refractivity contribution >= 4 is 33.2 Å². The molecule has 0 fully saturated rings. The molecule has 0 bridgehead atoms. The molecular formula is C10H7BrClNO2. The second-order valence-electron chi connectivity index (χ2n) is 2.63. The summed E-state index contributed by atoms with van der Waals surface area (Å²) in [4.78, 5) is 10.2. The number of alkyl halides is 1. The quantitative estimate of drug-likeness (QED) is 0.362. The average Bonchev–Trinajstić information content (AvgIpc) is 2.20. The maximum atomic E-state index is 10.7. The van der Waals surface area contributed by atoms with Crippen molar-refractivity contribution in [1.29, 1.82) is 0 Å². The Morgan fingerprint density at radius 3 is 2.87 bits per heavy atom. The molecule has 1 aromatic carbocycles. The van der Waals surface area contributed by atoms with E-state index in [0.717, 1.165) is 5.33 Å². The van der Waals surface area contributed by atoms with E-state index in [1.807, 2.05) is 0 Å². The SMILES string of the molecule is O=[N+]([O-])c1cccc(Cl)c1C#CCCBr. The van der Waals surface area contributed by atoms with E-state index in [-0.39, 0.29) is 11.3 Å². The molecule has 78 valence electrons. The smallest absolute Gasteiger partial charge is 0.258 e. The van der Waals surface area contributed by atoms with Gasteiger partial charge < -0.3 is 0 Å². The molecule has 0 N–H and O–H groups in total. The Morgan fingerprint density at radius 1 is 1.53 bits per heavy atom. The summed E-state index contributed by atoms with van der Waals surface area (Å²) < 4.78 is 0. The van der Waals surface area contributed by atoms with Crippen molar-refractivity contribution in [2.45, 2.75) is 6.42 Å². The fourth-order valence-corrected chi connectivity index (χ4v) is 1.40. The third-order valence-electron chi connectivity index (χ3n) is 1.62. The first-order chi connectivity index (χ1) is 7.16. The molecule has 0 radical (unpaired) electrons. The van der Waals surface area contributed by atoms with Crippen LogP contribution >= 0.6 is 27.5 Å². The zero-order valence-corrected chi connectivity index (χ0v) is 10.0. The van der Waals surface area contributed by atoms with Gasteiger partial charge in [0.25, 0.3) is 5.69 Å². The molecule has 0 heterocycles. The maximum absolute atomic E-state index is 10.7. The Bertz CT molecular complexity index is 437. The lowest BCUT2D eigenvalue weighted by Crippen LogP contribution is -1.92. The predicted molar refractivity (Wildman–Crippen MR) is 63.4 cm³/mol. The van der Waals surface area contributed by atoms with Gasteiger partial charge in [0.05, 0.1) is 9.95 Å². The highest BCUT2D eigenvalue weighted by Crippen LogP contribution is 2.24. The van der Waals surface area contributed by atoms with Crippen molar-refractivity contribution in [1.82, 2.24) is 0 Å². The van der Waals surface area contributed by atoms with E-state index in [2.05, 4.69) is 27.8 Å². The molecule has 0 saturated carbocycles. The zero-order valence-electron chi connectivity index (χ0n) is 7.67. The lowest BCUT2D eigenvalue weighted by atomic mass is 10.2. The van der Waals surface area contributed by atoms with Crippen LogP contribution in [0, 0.1) is 22.0 Å². The number of benzene rings is 1. The molecule has 0 amide bonds. The lowest BCUT2D eigenvalue weighted by molar-refractivity contribution is -0.385. The topological polar surface area (TPSA) is 43.1 Å². The Balaban J connectivity index is 3.15. The molecule has 0 spiro atoms. The summed E-state index contributed by atoms with van der Waals surface area (Å²) in [6.07, 6.45) is 0.627. The van der Waals surface area contributed by atoms with Gasteiger partial charge in [-0.15, -0.1) is 0 Å². The fraction of sp³-hybridized carbons (Fsp3) is 0.200. The first kappa shape index (κ1) is 12.0. The minimum atomic E-state index is -0.482. The van der Waals surface area contributed by atoms with Gasteiger partial charge in [0.15, 0.2) is 0 Å². The molecule has 5 heteroatoms. The van der Waals surface area contributed by atoms with Gasteiger partial charge in [-0.1, -0.05) is 45.4 Å². The Kier molecular flexibility index (Phi) is 4.60. The molecule has 0 atom stereocenters. The van der Waals surface area contributed by atoms with E-state index in [9.17, 15) is 10.1 Å². The van der Waals surface area contributed by atoms with Gasteiger partial charge in [-0.3, -0.25) is 10.1 Å². The van der Waals surface area contributed by atoms with Crippen LogP contribution in [0.5, 0.6) is 0 Å². The molecule has 0 aliphatic rings. The molecule has 15 heavy (non-hydrogen) atoms. The summed E-state index contributed by atoms with van der Waals surface area (Å²) in [5.41, 5.74) is 0.231. The van der Waals surface area contributed by atoms with Crippen LogP contribution < -0.4 is 0 Å². The summed E-state index contributed by atoms with van der Waals surface area (Å²) in [5.74, 6) is 5.51. The van der Waals surface area contributed by atoms with Gasteiger partial charge >= 0.3 is 0 Å². The van der Waals surface area contributed by atoms with Crippen molar-refractivity contribution in [3.8, 4) is 11.8 Å². The molecule has 0 aliphatic carbocycles. The number of rotatable bonds is 2. The third-order valence-corrected chi connectivity index (χ3v) is 2.33. The van der Waals surface area contributed by atoms with Crippen molar-refractivity contribution in [3.63, 3.8) is 0 Å². The normalized spacial score (nSPS) is 9.20. The average molecular weight is 289 g/mol. The Morgan fingerprint density at radius 2 is 2.27 bits per heavy atom. The molecule has 0 aliphatic heterocycles. The van der Waals surface area contributed by atoms with Crippen LogP contribution in [0.3, 0.4) is 0 Å². The van der Waals surface area contributed by atoms with Crippen LogP contribution in [0.4, 0.5) is 5.69 Å². The van der Waals surface area contributed by atoms with Crippen LogP contribution in [-0.4, -0.2) is 10.3 Å². The standard InChI is InChI=1S/C10H7BrClNO2/c11-7-2-1-4-8-9(12)5-3-6-10(8)13(14)15/h3,5-6H,2,7H2. The predicted octanol–water partition coefficient (Wildman–Crippen LogP) is 3.38. The van der Waals surface area contributed by atoms with Gasteiger partial charge in [-0.2, -0.15) is 0 Å². The zero-order chi connectivity index (χ0) is 11.3. The van der Waals surface area contributed by atoms with Gasteiger partial charge in [-0.05, 0) is 6.07 Å². The van der Waals surface area contributed by atoms with Gasteiger partial charge in [0.2, 0.25) is 0 Å². The van der Waals surface area contributed by atoms with Crippen LogP contribution in [0.1, 0.15) is 12.0 Å². The highest BCUT2D eigenvalue weighted by atomic mass is 79.9. The number of nitro groups is 1. The van der Waals surface area contributed by atoms with E-state index in [4.69, 9.17) is 11.6 Å². The van der Waals surface area contributed by atoms with E-state index >= 15 is 0 Å². The summed E-state index contributed by atoms with van der Waals surface area (Å²) in [7, 11) is 0. The van der Waals surface area contributed by atoms with Crippen molar-refractivity contribution in [3.05, 3.63) is 38.9 Å². The first-order valence-electron chi connectivity index (χ1n) is 4.14. The first-order valence-corrected chi connectivity index (χ1v) is 5.64. The summed E-state index contributed by atoms with van der Waals surface area (Å²) >= 11 is 9.05. The number of halogens is 2.